The van der Waals surface area contributed by atoms with Crippen LogP contribution in [0.5, 0.6) is 5.88 Å². The van der Waals surface area contributed by atoms with Crippen LogP contribution in [-0.4, -0.2) is 64.9 Å². The minimum atomic E-state index is 0.532. The van der Waals surface area contributed by atoms with E-state index in [1.54, 1.807) is 0 Å². The van der Waals surface area contributed by atoms with Crippen LogP contribution < -0.4 is 10.1 Å². The van der Waals surface area contributed by atoms with Gasteiger partial charge in [0.25, 0.3) is 0 Å². The molecule has 28 heavy (non-hydrogen) atoms. The molecule has 1 aliphatic heterocycles. The molecule has 1 saturated heterocycles. The maximum absolute atomic E-state index is 6.12. The van der Waals surface area contributed by atoms with E-state index < -0.39 is 0 Å². The molecule has 0 amide bonds. The van der Waals surface area contributed by atoms with Crippen LogP contribution in [0.25, 0.3) is 0 Å². The summed E-state index contributed by atoms with van der Waals surface area (Å²) in [7, 11) is 1.95. The predicted molar refractivity (Wildman–Crippen MR) is 114 cm³/mol. The third-order valence-corrected chi connectivity index (χ3v) is 5.73. The summed E-state index contributed by atoms with van der Waals surface area (Å²) in [5.74, 6) is 0.859. The second kappa shape index (κ2) is 10.0. The number of benzene rings is 1. The number of hydrogen-bond donors (Lipinski definition) is 1. The summed E-state index contributed by atoms with van der Waals surface area (Å²) in [5.41, 5.74) is 3.35. The maximum atomic E-state index is 6.12. The van der Waals surface area contributed by atoms with Crippen LogP contribution >= 0.6 is 0 Å². The highest BCUT2D eigenvalue weighted by Crippen LogP contribution is 2.22. The number of rotatable bonds is 9. The van der Waals surface area contributed by atoms with Crippen LogP contribution in [0, 0.1) is 6.92 Å². The fourth-order valence-electron chi connectivity index (χ4n) is 3.85. The number of aromatic nitrogens is 2. The fraction of sp³-hybridized carbons (Fsp3) is 0.591. The van der Waals surface area contributed by atoms with E-state index >= 15 is 0 Å². The molecule has 3 rings (SSSR count). The maximum Gasteiger partial charge on any atom is 0.216 e. The van der Waals surface area contributed by atoms with E-state index in [1.807, 2.05) is 29.9 Å². The third-order valence-electron chi connectivity index (χ3n) is 5.73. The average Bonchev–Trinajstić information content (AvgIpc) is 2.99. The van der Waals surface area contributed by atoms with Crippen LogP contribution in [0.3, 0.4) is 0 Å². The number of aryl methyl sites for hydroxylation is 2. The Balaban J connectivity index is 1.51. The summed E-state index contributed by atoms with van der Waals surface area (Å²) in [4.78, 5) is 5.11. The molecule has 1 aliphatic rings. The van der Waals surface area contributed by atoms with E-state index in [0.717, 1.165) is 49.9 Å². The zero-order valence-electron chi connectivity index (χ0n) is 17.8. The minimum Gasteiger partial charge on any atom is -0.473 e. The summed E-state index contributed by atoms with van der Waals surface area (Å²) in [6.07, 6.45) is 0. The first-order valence-corrected chi connectivity index (χ1v) is 10.4. The first kappa shape index (κ1) is 20.8. The van der Waals surface area contributed by atoms with Crippen molar-refractivity contribution in [2.45, 2.75) is 40.0 Å². The van der Waals surface area contributed by atoms with E-state index in [1.165, 1.54) is 18.7 Å². The predicted octanol–water partition coefficient (Wildman–Crippen LogP) is 2.42. The molecular formula is C22H35N5O. The van der Waals surface area contributed by atoms with Gasteiger partial charge in [0, 0.05) is 52.4 Å². The van der Waals surface area contributed by atoms with Crippen molar-refractivity contribution in [3.8, 4) is 5.88 Å². The van der Waals surface area contributed by atoms with Gasteiger partial charge in [-0.15, -0.1) is 0 Å². The van der Waals surface area contributed by atoms with E-state index in [4.69, 9.17) is 4.74 Å². The summed E-state index contributed by atoms with van der Waals surface area (Å²) in [6.45, 7) is 14.8. The van der Waals surface area contributed by atoms with Gasteiger partial charge in [0.2, 0.25) is 5.88 Å². The number of nitrogens with one attached hydrogen (secondary N) is 1. The highest BCUT2D eigenvalue weighted by atomic mass is 16.5. The van der Waals surface area contributed by atoms with E-state index in [2.05, 4.69) is 53.1 Å². The Labute approximate surface area is 169 Å². The van der Waals surface area contributed by atoms with Gasteiger partial charge in [-0.05, 0) is 26.0 Å². The summed E-state index contributed by atoms with van der Waals surface area (Å²) < 4.78 is 7.97. The van der Waals surface area contributed by atoms with Gasteiger partial charge in [-0.2, -0.15) is 5.10 Å². The SMILES string of the molecule is CCN1CCN(C(C)CNCc2c(C)nn(C)c2OCc2ccccc2)CC1. The van der Waals surface area contributed by atoms with Crippen LogP contribution in [0.4, 0.5) is 0 Å². The van der Waals surface area contributed by atoms with Gasteiger partial charge in [0.15, 0.2) is 0 Å². The van der Waals surface area contributed by atoms with Gasteiger partial charge in [0.05, 0.1) is 11.3 Å². The standard InChI is InChI=1S/C22H35N5O/c1-5-26-11-13-27(14-12-26)18(2)15-23-16-21-19(3)24-25(4)22(21)28-17-20-9-7-6-8-10-20/h6-10,18,23H,5,11-17H2,1-4H3. The number of nitrogens with zero attached hydrogens (tertiary/aromatic N) is 4. The molecule has 1 unspecified atom stereocenters. The number of hydrogen-bond acceptors (Lipinski definition) is 5. The Morgan fingerprint density at radius 3 is 2.54 bits per heavy atom. The molecule has 1 aromatic heterocycles. The normalized spacial score (nSPS) is 17.0. The topological polar surface area (TPSA) is 45.6 Å². The lowest BCUT2D eigenvalue weighted by Crippen LogP contribution is -2.51. The van der Waals surface area contributed by atoms with Gasteiger partial charge < -0.3 is 15.0 Å². The van der Waals surface area contributed by atoms with Crippen LogP contribution in [0.2, 0.25) is 0 Å². The quantitative estimate of drug-likeness (QED) is 0.718. The van der Waals surface area contributed by atoms with Gasteiger partial charge >= 0.3 is 0 Å². The largest absolute Gasteiger partial charge is 0.473 e. The van der Waals surface area contributed by atoms with Gasteiger partial charge in [-0.3, -0.25) is 4.90 Å². The van der Waals surface area contributed by atoms with Crippen molar-refractivity contribution in [3.05, 3.63) is 47.2 Å². The highest BCUT2D eigenvalue weighted by molar-refractivity contribution is 5.31. The van der Waals surface area contributed by atoms with Gasteiger partial charge in [-0.1, -0.05) is 37.3 Å². The minimum absolute atomic E-state index is 0.532. The summed E-state index contributed by atoms with van der Waals surface area (Å²) in [5, 5.41) is 8.19. The average molecular weight is 386 g/mol. The molecule has 6 nitrogen and oxygen atoms in total. The molecule has 0 bridgehead atoms. The molecule has 1 N–H and O–H groups in total. The Kier molecular flexibility index (Phi) is 7.48. The highest BCUT2D eigenvalue weighted by Gasteiger charge is 2.20. The molecular weight excluding hydrogens is 350 g/mol. The lowest BCUT2D eigenvalue weighted by Gasteiger charge is -2.37. The molecule has 0 spiro atoms. The molecule has 0 aliphatic carbocycles. The van der Waals surface area contributed by atoms with Crippen LogP contribution in [0.1, 0.15) is 30.7 Å². The van der Waals surface area contributed by atoms with Crippen molar-refractivity contribution in [2.24, 2.45) is 7.05 Å². The second-order valence-electron chi connectivity index (χ2n) is 7.72. The lowest BCUT2D eigenvalue weighted by molar-refractivity contribution is 0.105. The van der Waals surface area contributed by atoms with Crippen molar-refractivity contribution in [1.82, 2.24) is 24.9 Å². The Bertz CT molecular complexity index is 722. The molecule has 0 radical (unpaired) electrons. The first-order valence-electron chi connectivity index (χ1n) is 10.4. The molecule has 6 heteroatoms. The van der Waals surface area contributed by atoms with E-state index in [0.29, 0.717) is 12.6 Å². The zero-order valence-corrected chi connectivity index (χ0v) is 17.8. The van der Waals surface area contributed by atoms with Crippen LogP contribution in [0.15, 0.2) is 30.3 Å². The third kappa shape index (κ3) is 5.34. The Morgan fingerprint density at radius 1 is 1.14 bits per heavy atom. The number of ether oxygens (including phenoxy) is 1. The Morgan fingerprint density at radius 2 is 1.86 bits per heavy atom. The molecule has 1 fully saturated rings. The van der Waals surface area contributed by atoms with E-state index in [9.17, 15) is 0 Å². The zero-order chi connectivity index (χ0) is 19.9. The Hall–Kier alpha value is -1.89. The van der Waals surface area contributed by atoms with E-state index in [-0.39, 0.29) is 0 Å². The molecule has 2 heterocycles. The lowest BCUT2D eigenvalue weighted by atomic mass is 10.2. The molecule has 1 atom stereocenters. The van der Waals surface area contributed by atoms with Crippen molar-refractivity contribution in [3.63, 3.8) is 0 Å². The number of likely N-dealkylation sites (N-methyl/N-ethyl adjacent to an activating group) is 1. The second-order valence-corrected chi connectivity index (χ2v) is 7.72. The molecule has 2 aromatic rings. The first-order chi connectivity index (χ1) is 13.6. The number of piperazine rings is 1. The fourth-order valence-corrected chi connectivity index (χ4v) is 3.85. The summed E-state index contributed by atoms with van der Waals surface area (Å²) >= 11 is 0. The molecule has 1 aromatic carbocycles. The van der Waals surface area contributed by atoms with Gasteiger partial charge in [-0.25, -0.2) is 4.68 Å². The van der Waals surface area contributed by atoms with Crippen LogP contribution in [-0.2, 0) is 20.2 Å². The summed E-state index contributed by atoms with van der Waals surface area (Å²) in [6, 6.07) is 10.8. The molecule has 154 valence electrons. The molecule has 0 saturated carbocycles. The monoisotopic (exact) mass is 385 g/mol. The smallest absolute Gasteiger partial charge is 0.216 e. The van der Waals surface area contributed by atoms with Crippen molar-refractivity contribution in [1.29, 1.82) is 0 Å². The van der Waals surface area contributed by atoms with Gasteiger partial charge in [0.1, 0.15) is 6.61 Å². The van der Waals surface area contributed by atoms with Crippen molar-refractivity contribution < 1.29 is 4.74 Å². The van der Waals surface area contributed by atoms with Crippen molar-refractivity contribution in [2.75, 3.05) is 39.3 Å². The van der Waals surface area contributed by atoms with Crippen molar-refractivity contribution >= 4 is 0 Å².